The Labute approximate surface area is 76.3 Å². The molecule has 2 amide bonds. The van der Waals surface area contributed by atoms with Gasteiger partial charge in [0.25, 0.3) is 0 Å². The number of hydrogen-bond acceptors (Lipinski definition) is 3. The molecule has 0 bridgehead atoms. The van der Waals surface area contributed by atoms with E-state index in [1.807, 2.05) is 6.92 Å². The van der Waals surface area contributed by atoms with Crippen LogP contribution in [0.3, 0.4) is 0 Å². The van der Waals surface area contributed by atoms with Crippen LogP contribution in [-0.4, -0.2) is 36.5 Å². The maximum Gasteiger partial charge on any atom is 0.315 e. The van der Waals surface area contributed by atoms with Crippen LogP contribution < -0.4 is 16.0 Å². The second-order valence-corrected chi connectivity index (χ2v) is 3.64. The number of carbonyl (C=O) groups excluding carboxylic acids is 2. The summed E-state index contributed by atoms with van der Waals surface area (Å²) in [5, 5.41) is 8.43. The molecule has 2 fully saturated rings. The molecule has 2 atom stereocenters. The van der Waals surface area contributed by atoms with Crippen LogP contribution in [0.5, 0.6) is 0 Å². The van der Waals surface area contributed by atoms with Gasteiger partial charge in [-0.05, 0) is 19.9 Å². The first-order chi connectivity index (χ1) is 6.15. The van der Waals surface area contributed by atoms with E-state index in [1.165, 1.54) is 0 Å². The molecule has 2 aliphatic rings. The van der Waals surface area contributed by atoms with Crippen molar-refractivity contribution >= 4 is 11.8 Å². The van der Waals surface area contributed by atoms with Crippen molar-refractivity contribution in [2.45, 2.75) is 24.9 Å². The topological polar surface area (TPSA) is 70.2 Å². The lowest BCUT2D eigenvalue weighted by Crippen LogP contribution is -2.62. The average Bonchev–Trinajstić information content (AvgIpc) is 2.35. The van der Waals surface area contributed by atoms with Crippen molar-refractivity contribution in [3.8, 4) is 0 Å². The molecule has 2 rings (SSSR count). The monoisotopic (exact) mass is 183 g/mol. The number of ketones is 1. The fourth-order valence-corrected chi connectivity index (χ4v) is 2.04. The lowest BCUT2D eigenvalue weighted by molar-refractivity contribution is -0.126. The predicted molar refractivity (Wildman–Crippen MR) is 46.4 cm³/mol. The third-order valence-electron chi connectivity index (χ3n) is 2.90. The van der Waals surface area contributed by atoms with Crippen LogP contribution in [-0.2, 0) is 4.79 Å². The molecule has 0 aromatic heterocycles. The minimum absolute atomic E-state index is 0.0737. The number of hydrogen-bond donors (Lipinski definition) is 3. The Bertz CT molecular complexity index is 266. The quantitative estimate of drug-likeness (QED) is 0.450. The van der Waals surface area contributed by atoms with Crippen molar-refractivity contribution in [3.63, 3.8) is 0 Å². The number of urea groups is 1. The zero-order chi connectivity index (χ0) is 9.47. The maximum absolute atomic E-state index is 11.7. The highest BCUT2D eigenvalue weighted by molar-refractivity contribution is 5.98. The van der Waals surface area contributed by atoms with E-state index in [1.54, 1.807) is 0 Å². The second kappa shape index (κ2) is 2.70. The Balaban J connectivity index is 2.26. The summed E-state index contributed by atoms with van der Waals surface area (Å²) in [5.74, 6) is 0.0737. The smallest absolute Gasteiger partial charge is 0.315 e. The van der Waals surface area contributed by atoms with Gasteiger partial charge in [0.05, 0.1) is 12.6 Å². The van der Waals surface area contributed by atoms with Crippen LogP contribution >= 0.6 is 0 Å². The molecule has 0 aromatic rings. The molecule has 1 spiro atoms. The third-order valence-corrected chi connectivity index (χ3v) is 2.90. The van der Waals surface area contributed by atoms with Crippen molar-refractivity contribution in [2.75, 3.05) is 13.1 Å². The number of carbonyl (C=O) groups is 2. The first-order valence-corrected chi connectivity index (χ1v) is 4.48. The lowest BCUT2D eigenvalue weighted by atomic mass is 9.82. The van der Waals surface area contributed by atoms with Gasteiger partial charge in [-0.3, -0.25) is 4.79 Å². The molecular weight excluding hydrogens is 170 g/mol. The summed E-state index contributed by atoms with van der Waals surface area (Å²) in [6.07, 6.45) is 0.672. The Kier molecular flexibility index (Phi) is 1.76. The fourth-order valence-electron chi connectivity index (χ4n) is 2.04. The average molecular weight is 183 g/mol. The standard InChI is InChI=1S/C8H13N3O2/c1-5-8(11-7(13)10-5)2-3-9-4-6(8)12/h5,9H,2-4H2,1H3,(H2,10,11,13). The van der Waals surface area contributed by atoms with E-state index < -0.39 is 5.54 Å². The molecule has 0 aromatic carbocycles. The molecule has 72 valence electrons. The minimum Gasteiger partial charge on any atom is -0.333 e. The highest BCUT2D eigenvalue weighted by Crippen LogP contribution is 2.23. The molecule has 3 N–H and O–H groups in total. The Morgan fingerprint density at radius 1 is 1.46 bits per heavy atom. The SMILES string of the molecule is CC1NC(=O)NC12CCNCC2=O. The highest BCUT2D eigenvalue weighted by atomic mass is 16.2. The normalized spacial score (nSPS) is 39.0. The van der Waals surface area contributed by atoms with Gasteiger partial charge in [-0.25, -0.2) is 4.79 Å². The highest BCUT2D eigenvalue weighted by Gasteiger charge is 2.50. The van der Waals surface area contributed by atoms with Gasteiger partial charge in [0.15, 0.2) is 5.78 Å². The van der Waals surface area contributed by atoms with Gasteiger partial charge < -0.3 is 16.0 Å². The summed E-state index contributed by atoms with van der Waals surface area (Å²) in [7, 11) is 0. The van der Waals surface area contributed by atoms with Gasteiger partial charge in [-0.2, -0.15) is 0 Å². The number of nitrogens with one attached hydrogen (secondary N) is 3. The molecule has 0 saturated carbocycles. The molecular formula is C8H13N3O2. The molecule has 2 unspecified atom stereocenters. The van der Waals surface area contributed by atoms with Gasteiger partial charge in [-0.15, -0.1) is 0 Å². The van der Waals surface area contributed by atoms with E-state index >= 15 is 0 Å². The van der Waals surface area contributed by atoms with E-state index in [2.05, 4.69) is 16.0 Å². The van der Waals surface area contributed by atoms with Gasteiger partial charge in [-0.1, -0.05) is 0 Å². The van der Waals surface area contributed by atoms with Crippen molar-refractivity contribution in [3.05, 3.63) is 0 Å². The Hall–Kier alpha value is -1.10. The Morgan fingerprint density at radius 3 is 2.77 bits per heavy atom. The lowest BCUT2D eigenvalue weighted by Gasteiger charge is -2.34. The summed E-state index contributed by atoms with van der Waals surface area (Å²) in [6.45, 7) is 2.99. The number of amides is 2. The predicted octanol–water partition coefficient (Wildman–Crippen LogP) is -1.01. The zero-order valence-corrected chi connectivity index (χ0v) is 7.52. The van der Waals surface area contributed by atoms with Gasteiger partial charge in [0.2, 0.25) is 0 Å². The minimum atomic E-state index is -0.650. The first-order valence-electron chi connectivity index (χ1n) is 4.48. The summed E-state index contributed by atoms with van der Waals surface area (Å²) in [6, 6.07) is -0.336. The van der Waals surface area contributed by atoms with E-state index in [0.29, 0.717) is 13.0 Å². The fraction of sp³-hybridized carbons (Fsp3) is 0.750. The van der Waals surface area contributed by atoms with E-state index in [0.717, 1.165) is 6.54 Å². The van der Waals surface area contributed by atoms with Crippen molar-refractivity contribution in [1.29, 1.82) is 0 Å². The van der Waals surface area contributed by atoms with Crippen molar-refractivity contribution < 1.29 is 9.59 Å². The van der Waals surface area contributed by atoms with Crippen LogP contribution in [0.15, 0.2) is 0 Å². The largest absolute Gasteiger partial charge is 0.333 e. The van der Waals surface area contributed by atoms with Crippen LogP contribution in [0.2, 0.25) is 0 Å². The molecule has 2 saturated heterocycles. The van der Waals surface area contributed by atoms with Crippen LogP contribution in [0.4, 0.5) is 4.79 Å². The molecule has 13 heavy (non-hydrogen) atoms. The number of rotatable bonds is 0. The molecule has 2 heterocycles. The third kappa shape index (κ3) is 1.11. The molecule has 5 heteroatoms. The second-order valence-electron chi connectivity index (χ2n) is 3.64. The van der Waals surface area contributed by atoms with E-state index in [9.17, 15) is 9.59 Å². The van der Waals surface area contributed by atoms with Gasteiger partial charge >= 0.3 is 6.03 Å². The molecule has 0 radical (unpaired) electrons. The van der Waals surface area contributed by atoms with Crippen LogP contribution in [0.1, 0.15) is 13.3 Å². The molecule has 5 nitrogen and oxygen atoms in total. The zero-order valence-electron chi connectivity index (χ0n) is 7.52. The molecule has 0 aliphatic carbocycles. The van der Waals surface area contributed by atoms with Crippen molar-refractivity contribution in [2.24, 2.45) is 0 Å². The first kappa shape index (κ1) is 8.50. The van der Waals surface area contributed by atoms with Gasteiger partial charge in [0, 0.05) is 0 Å². The van der Waals surface area contributed by atoms with Crippen molar-refractivity contribution in [1.82, 2.24) is 16.0 Å². The van der Waals surface area contributed by atoms with Crippen LogP contribution in [0.25, 0.3) is 0 Å². The number of piperidine rings is 1. The van der Waals surface area contributed by atoms with E-state index in [4.69, 9.17) is 0 Å². The van der Waals surface area contributed by atoms with Crippen LogP contribution in [0, 0.1) is 0 Å². The summed E-state index contributed by atoms with van der Waals surface area (Å²) in [5.41, 5.74) is -0.650. The Morgan fingerprint density at radius 2 is 2.23 bits per heavy atom. The summed E-state index contributed by atoms with van der Waals surface area (Å²) >= 11 is 0. The summed E-state index contributed by atoms with van der Waals surface area (Å²) in [4.78, 5) is 22.7. The number of Topliss-reactive ketones (excluding diaryl/α,β-unsaturated/α-hetero) is 1. The van der Waals surface area contributed by atoms with Gasteiger partial charge in [0.1, 0.15) is 5.54 Å². The molecule has 2 aliphatic heterocycles. The maximum atomic E-state index is 11.7. The van der Waals surface area contributed by atoms with E-state index in [-0.39, 0.29) is 17.9 Å². The summed E-state index contributed by atoms with van der Waals surface area (Å²) < 4.78 is 0.